The molecule has 20 heavy (non-hydrogen) atoms. The molecular formula is C15H17ClFN3. The Morgan fingerprint density at radius 3 is 3.20 bits per heavy atom. The first kappa shape index (κ1) is 13.6. The third kappa shape index (κ3) is 3.02. The molecule has 0 fully saturated rings. The van der Waals surface area contributed by atoms with Gasteiger partial charge in [-0.1, -0.05) is 17.7 Å². The fourth-order valence-corrected chi connectivity index (χ4v) is 2.79. The van der Waals surface area contributed by atoms with Crippen LogP contribution >= 0.6 is 11.6 Å². The summed E-state index contributed by atoms with van der Waals surface area (Å²) in [7, 11) is 0. The third-order valence-corrected chi connectivity index (χ3v) is 4.09. The van der Waals surface area contributed by atoms with E-state index in [1.54, 1.807) is 6.07 Å². The van der Waals surface area contributed by atoms with E-state index >= 15 is 0 Å². The van der Waals surface area contributed by atoms with Crippen LogP contribution in [0.15, 0.2) is 30.6 Å². The van der Waals surface area contributed by atoms with Crippen LogP contribution in [-0.2, 0) is 19.5 Å². The highest BCUT2D eigenvalue weighted by atomic mass is 35.5. The van der Waals surface area contributed by atoms with Gasteiger partial charge in [0.25, 0.3) is 0 Å². The molecule has 106 valence electrons. The molecule has 0 radical (unpaired) electrons. The van der Waals surface area contributed by atoms with E-state index in [4.69, 9.17) is 11.6 Å². The number of nitrogens with zero attached hydrogens (tertiary/aromatic N) is 2. The van der Waals surface area contributed by atoms with E-state index in [1.165, 1.54) is 11.9 Å². The van der Waals surface area contributed by atoms with Crippen LogP contribution in [0.4, 0.5) is 4.39 Å². The molecule has 1 N–H and O–H groups in total. The SMILES string of the molecule is Fc1cc(CNC[C@@H]2CCc3nccn3C2)ccc1Cl. The zero-order valence-corrected chi connectivity index (χ0v) is 11.9. The number of imidazole rings is 1. The summed E-state index contributed by atoms with van der Waals surface area (Å²) >= 11 is 5.67. The van der Waals surface area contributed by atoms with E-state index < -0.39 is 0 Å². The Morgan fingerprint density at radius 1 is 1.45 bits per heavy atom. The minimum absolute atomic E-state index is 0.175. The molecule has 0 unspecified atom stereocenters. The van der Waals surface area contributed by atoms with Crippen LogP contribution in [0.5, 0.6) is 0 Å². The molecule has 0 spiro atoms. The van der Waals surface area contributed by atoms with Gasteiger partial charge in [0.2, 0.25) is 0 Å². The number of hydrogen-bond donors (Lipinski definition) is 1. The van der Waals surface area contributed by atoms with Crippen molar-refractivity contribution in [3.63, 3.8) is 0 Å². The first-order valence-electron chi connectivity index (χ1n) is 6.87. The number of rotatable bonds is 4. The lowest BCUT2D eigenvalue weighted by Crippen LogP contribution is -2.29. The van der Waals surface area contributed by atoms with E-state index in [0.29, 0.717) is 12.5 Å². The molecule has 3 rings (SSSR count). The van der Waals surface area contributed by atoms with Gasteiger partial charge in [0.05, 0.1) is 5.02 Å². The number of aryl methyl sites for hydroxylation is 1. The maximum atomic E-state index is 13.3. The molecule has 1 atom stereocenters. The summed E-state index contributed by atoms with van der Waals surface area (Å²) in [4.78, 5) is 4.33. The summed E-state index contributed by atoms with van der Waals surface area (Å²) in [5.41, 5.74) is 0.922. The molecule has 1 aliphatic heterocycles. The minimum atomic E-state index is -0.355. The molecule has 1 aliphatic rings. The van der Waals surface area contributed by atoms with Gasteiger partial charge in [0.1, 0.15) is 11.6 Å². The smallest absolute Gasteiger partial charge is 0.142 e. The van der Waals surface area contributed by atoms with Gasteiger partial charge >= 0.3 is 0 Å². The van der Waals surface area contributed by atoms with E-state index in [1.807, 2.05) is 18.5 Å². The molecule has 1 aromatic heterocycles. The number of fused-ring (bicyclic) bond motifs is 1. The zero-order chi connectivity index (χ0) is 13.9. The topological polar surface area (TPSA) is 29.9 Å². The van der Waals surface area contributed by atoms with E-state index in [0.717, 1.165) is 31.5 Å². The maximum absolute atomic E-state index is 13.3. The van der Waals surface area contributed by atoms with Gasteiger partial charge in [-0.25, -0.2) is 9.37 Å². The molecule has 0 saturated heterocycles. The van der Waals surface area contributed by atoms with Gasteiger partial charge < -0.3 is 9.88 Å². The van der Waals surface area contributed by atoms with Crippen LogP contribution in [0, 0.1) is 11.7 Å². The van der Waals surface area contributed by atoms with Crippen LogP contribution in [0.25, 0.3) is 0 Å². The summed E-state index contributed by atoms with van der Waals surface area (Å²) in [5.74, 6) is 1.43. The molecule has 5 heteroatoms. The molecule has 1 aromatic carbocycles. The number of nitrogens with one attached hydrogen (secondary N) is 1. The van der Waals surface area contributed by atoms with Crippen molar-refractivity contribution in [2.45, 2.75) is 25.9 Å². The van der Waals surface area contributed by atoms with Gasteiger partial charge in [-0.05, 0) is 36.6 Å². The predicted molar refractivity (Wildman–Crippen MR) is 77.2 cm³/mol. The molecular weight excluding hydrogens is 277 g/mol. The lowest BCUT2D eigenvalue weighted by molar-refractivity contribution is 0.347. The Bertz CT molecular complexity index is 597. The van der Waals surface area contributed by atoms with Gasteiger partial charge in [-0.2, -0.15) is 0 Å². The van der Waals surface area contributed by atoms with Crippen molar-refractivity contribution in [1.29, 1.82) is 0 Å². The second-order valence-corrected chi connectivity index (χ2v) is 5.69. The quantitative estimate of drug-likeness (QED) is 0.939. The molecule has 0 amide bonds. The molecule has 0 saturated carbocycles. The molecule has 0 aliphatic carbocycles. The highest BCUT2D eigenvalue weighted by Gasteiger charge is 2.18. The number of halogens is 2. The van der Waals surface area contributed by atoms with Gasteiger partial charge in [-0.15, -0.1) is 0 Å². The molecule has 3 nitrogen and oxygen atoms in total. The van der Waals surface area contributed by atoms with Crippen molar-refractivity contribution < 1.29 is 4.39 Å². The lowest BCUT2D eigenvalue weighted by atomic mass is 9.99. The fourth-order valence-electron chi connectivity index (χ4n) is 2.67. The average Bonchev–Trinajstić information content (AvgIpc) is 2.90. The molecule has 0 bridgehead atoms. The molecule has 2 heterocycles. The second kappa shape index (κ2) is 5.94. The Kier molecular flexibility index (Phi) is 4.03. The van der Waals surface area contributed by atoms with E-state index in [2.05, 4.69) is 14.9 Å². The fraction of sp³-hybridized carbons (Fsp3) is 0.400. The van der Waals surface area contributed by atoms with Crippen molar-refractivity contribution in [3.8, 4) is 0 Å². The minimum Gasteiger partial charge on any atom is -0.335 e. The van der Waals surface area contributed by atoms with Crippen LogP contribution in [-0.4, -0.2) is 16.1 Å². The summed E-state index contributed by atoms with van der Waals surface area (Å²) in [6, 6.07) is 4.95. The number of aromatic nitrogens is 2. The highest BCUT2D eigenvalue weighted by Crippen LogP contribution is 2.18. The lowest BCUT2D eigenvalue weighted by Gasteiger charge is -2.24. The van der Waals surface area contributed by atoms with Gasteiger partial charge in [0, 0.05) is 31.9 Å². The van der Waals surface area contributed by atoms with Crippen LogP contribution in [0.2, 0.25) is 5.02 Å². The Labute approximate surface area is 122 Å². The van der Waals surface area contributed by atoms with E-state index in [-0.39, 0.29) is 10.8 Å². The van der Waals surface area contributed by atoms with Crippen molar-refractivity contribution in [1.82, 2.24) is 14.9 Å². The van der Waals surface area contributed by atoms with E-state index in [9.17, 15) is 4.39 Å². The summed E-state index contributed by atoms with van der Waals surface area (Å²) in [6.07, 6.45) is 6.09. The van der Waals surface area contributed by atoms with Crippen molar-refractivity contribution >= 4 is 11.6 Å². The normalized spacial score (nSPS) is 18.0. The predicted octanol–water partition coefficient (Wildman–Crippen LogP) is 3.03. The summed E-state index contributed by atoms with van der Waals surface area (Å²) in [5, 5.41) is 3.57. The monoisotopic (exact) mass is 293 g/mol. The Balaban J connectivity index is 1.50. The zero-order valence-electron chi connectivity index (χ0n) is 11.1. The Hall–Kier alpha value is -1.39. The summed E-state index contributed by atoms with van der Waals surface area (Å²) < 4.78 is 15.5. The van der Waals surface area contributed by atoms with Crippen molar-refractivity contribution in [2.24, 2.45) is 5.92 Å². The third-order valence-electron chi connectivity index (χ3n) is 3.78. The van der Waals surface area contributed by atoms with Gasteiger partial charge in [-0.3, -0.25) is 0 Å². The second-order valence-electron chi connectivity index (χ2n) is 5.28. The highest BCUT2D eigenvalue weighted by molar-refractivity contribution is 6.30. The van der Waals surface area contributed by atoms with Crippen molar-refractivity contribution in [2.75, 3.05) is 6.54 Å². The maximum Gasteiger partial charge on any atom is 0.142 e. The Morgan fingerprint density at radius 2 is 2.35 bits per heavy atom. The van der Waals surface area contributed by atoms with Gasteiger partial charge in [0.15, 0.2) is 0 Å². The van der Waals surface area contributed by atoms with Crippen LogP contribution in [0.1, 0.15) is 17.8 Å². The first-order valence-corrected chi connectivity index (χ1v) is 7.25. The summed E-state index contributed by atoms with van der Waals surface area (Å²) in [6.45, 7) is 2.61. The number of benzene rings is 1. The average molecular weight is 294 g/mol. The van der Waals surface area contributed by atoms with Crippen LogP contribution < -0.4 is 5.32 Å². The standard InChI is InChI=1S/C15H17ClFN3/c16-13-3-1-11(7-14(13)17)8-18-9-12-2-4-15-19-5-6-20(15)10-12/h1,3,5-7,12,18H,2,4,8-10H2/t12-/m0/s1. The van der Waals surface area contributed by atoms with Crippen molar-refractivity contribution in [3.05, 3.63) is 52.8 Å². The van der Waals surface area contributed by atoms with Crippen LogP contribution in [0.3, 0.4) is 0 Å². The largest absolute Gasteiger partial charge is 0.335 e. The number of hydrogen-bond acceptors (Lipinski definition) is 2. The first-order chi connectivity index (χ1) is 9.72. The molecule has 2 aromatic rings.